The fraction of sp³-hybridized carbons (Fsp3) is 0.389. The summed E-state index contributed by atoms with van der Waals surface area (Å²) in [7, 11) is 0. The number of piperidine rings is 1. The minimum absolute atomic E-state index is 0.0175. The van der Waals surface area contributed by atoms with Gasteiger partial charge in [-0.3, -0.25) is 4.79 Å². The molecule has 1 amide bonds. The van der Waals surface area contributed by atoms with E-state index in [0.717, 1.165) is 25.1 Å². The maximum Gasteiger partial charge on any atom is 0.257 e. The zero-order valence-corrected chi connectivity index (χ0v) is 13.2. The molecule has 23 heavy (non-hydrogen) atoms. The third-order valence-electron chi connectivity index (χ3n) is 5.38. The maximum atomic E-state index is 13.0. The summed E-state index contributed by atoms with van der Waals surface area (Å²) in [5.74, 6) is 0.880. The van der Waals surface area contributed by atoms with Crippen molar-refractivity contribution in [1.82, 2.24) is 14.9 Å². The number of rotatable bonds is 3. The van der Waals surface area contributed by atoms with Gasteiger partial charge in [0.05, 0.1) is 11.3 Å². The predicted octanol–water partition coefficient (Wildman–Crippen LogP) is 2.60. The number of aromatic nitrogens is 2. The normalized spacial score (nSPS) is 25.3. The van der Waals surface area contributed by atoms with Gasteiger partial charge in [-0.25, -0.2) is 9.97 Å². The molecule has 2 aromatic rings. The Kier molecular flexibility index (Phi) is 3.11. The molecule has 2 N–H and O–H groups in total. The highest BCUT2D eigenvalue weighted by Crippen LogP contribution is 2.60. The van der Waals surface area contributed by atoms with Crippen molar-refractivity contribution in [2.75, 3.05) is 18.8 Å². The molecule has 2 fully saturated rings. The number of carbonyl (C=O) groups excluding carboxylic acids is 1. The molecule has 118 valence electrons. The number of amides is 1. The fourth-order valence-electron chi connectivity index (χ4n) is 3.83. The van der Waals surface area contributed by atoms with Crippen LogP contribution in [0.2, 0.25) is 0 Å². The Morgan fingerprint density at radius 3 is 2.87 bits per heavy atom. The first-order valence-electron chi connectivity index (χ1n) is 8.10. The average Bonchev–Trinajstić information content (AvgIpc) is 3.16. The first-order valence-corrected chi connectivity index (χ1v) is 8.10. The third-order valence-corrected chi connectivity index (χ3v) is 5.38. The van der Waals surface area contributed by atoms with Crippen LogP contribution in [0.5, 0.6) is 0 Å². The first-order chi connectivity index (χ1) is 11.1. The van der Waals surface area contributed by atoms with Crippen molar-refractivity contribution in [2.24, 2.45) is 11.3 Å². The molecular weight excluding hydrogens is 288 g/mol. The second kappa shape index (κ2) is 5.05. The summed E-state index contributed by atoms with van der Waals surface area (Å²) in [6, 6.07) is 9.67. The molecule has 4 rings (SSSR count). The van der Waals surface area contributed by atoms with Crippen molar-refractivity contribution in [3.05, 3.63) is 42.1 Å². The minimum Gasteiger partial charge on any atom is -0.368 e. The molecule has 5 nitrogen and oxygen atoms in total. The van der Waals surface area contributed by atoms with E-state index in [0.29, 0.717) is 22.6 Å². The van der Waals surface area contributed by atoms with Crippen molar-refractivity contribution >= 4 is 11.9 Å². The molecule has 2 aliphatic rings. The van der Waals surface area contributed by atoms with Crippen LogP contribution in [-0.2, 0) is 0 Å². The molecule has 1 aromatic carbocycles. The Hall–Kier alpha value is -2.43. The smallest absolute Gasteiger partial charge is 0.257 e. The van der Waals surface area contributed by atoms with E-state index in [1.54, 1.807) is 6.20 Å². The number of carbonyl (C=O) groups is 1. The summed E-state index contributed by atoms with van der Waals surface area (Å²) in [6.45, 7) is 3.92. The number of benzene rings is 1. The van der Waals surface area contributed by atoms with E-state index in [2.05, 4.69) is 16.9 Å². The Morgan fingerprint density at radius 1 is 1.39 bits per heavy atom. The number of nitrogen functional groups attached to an aromatic ring is 1. The standard InChI is InChI=1S/C18H20N4O/c1-2-18-8-13(18)10-22(11-18)16(23)14-9-20-17(19)21-15(14)12-6-4-3-5-7-12/h3-7,9,13H,2,8,10-11H2,1H3,(H2,19,20,21). The van der Waals surface area contributed by atoms with Crippen molar-refractivity contribution in [2.45, 2.75) is 19.8 Å². The van der Waals surface area contributed by atoms with E-state index < -0.39 is 0 Å². The summed E-state index contributed by atoms with van der Waals surface area (Å²) in [4.78, 5) is 23.3. The molecule has 1 saturated heterocycles. The summed E-state index contributed by atoms with van der Waals surface area (Å²) >= 11 is 0. The second-order valence-corrected chi connectivity index (χ2v) is 6.66. The second-order valence-electron chi connectivity index (χ2n) is 6.66. The average molecular weight is 308 g/mol. The molecule has 0 spiro atoms. The van der Waals surface area contributed by atoms with Gasteiger partial charge in [0.1, 0.15) is 0 Å². The van der Waals surface area contributed by atoms with Gasteiger partial charge in [-0.1, -0.05) is 37.3 Å². The van der Waals surface area contributed by atoms with Gasteiger partial charge in [0, 0.05) is 24.8 Å². The van der Waals surface area contributed by atoms with E-state index in [-0.39, 0.29) is 11.9 Å². The fourth-order valence-corrected chi connectivity index (χ4v) is 3.83. The molecule has 2 heterocycles. The lowest BCUT2D eigenvalue weighted by Gasteiger charge is -2.21. The number of nitrogens with two attached hydrogens (primary N) is 1. The van der Waals surface area contributed by atoms with E-state index >= 15 is 0 Å². The highest BCUT2D eigenvalue weighted by molar-refractivity contribution is 6.00. The molecule has 1 saturated carbocycles. The highest BCUT2D eigenvalue weighted by atomic mass is 16.2. The van der Waals surface area contributed by atoms with Crippen LogP contribution in [0.4, 0.5) is 5.95 Å². The predicted molar refractivity (Wildman–Crippen MR) is 88.6 cm³/mol. The summed E-state index contributed by atoms with van der Waals surface area (Å²) in [6.07, 6.45) is 3.97. The maximum absolute atomic E-state index is 13.0. The van der Waals surface area contributed by atoms with Gasteiger partial charge in [-0.15, -0.1) is 0 Å². The molecular formula is C18H20N4O. The molecule has 5 heteroatoms. The summed E-state index contributed by atoms with van der Waals surface area (Å²) in [5.41, 5.74) is 8.16. The Balaban J connectivity index is 1.68. The van der Waals surface area contributed by atoms with Gasteiger partial charge in [-0.2, -0.15) is 0 Å². The van der Waals surface area contributed by atoms with Crippen molar-refractivity contribution < 1.29 is 4.79 Å². The summed E-state index contributed by atoms with van der Waals surface area (Å²) in [5, 5.41) is 0. The van der Waals surface area contributed by atoms with Gasteiger partial charge in [-0.05, 0) is 24.2 Å². The molecule has 1 aliphatic heterocycles. The molecule has 0 bridgehead atoms. The van der Waals surface area contributed by atoms with E-state index in [1.165, 1.54) is 6.42 Å². The van der Waals surface area contributed by atoms with E-state index in [1.807, 2.05) is 35.2 Å². The molecule has 1 aromatic heterocycles. The lowest BCUT2D eigenvalue weighted by Crippen LogP contribution is -2.32. The monoisotopic (exact) mass is 308 g/mol. The molecule has 2 atom stereocenters. The van der Waals surface area contributed by atoms with Gasteiger partial charge in [0.2, 0.25) is 5.95 Å². The first kappa shape index (κ1) is 14.2. The minimum atomic E-state index is 0.0175. The number of hydrogen-bond donors (Lipinski definition) is 1. The number of nitrogens with zero attached hydrogens (tertiary/aromatic N) is 3. The molecule has 2 unspecified atom stereocenters. The van der Waals surface area contributed by atoms with Crippen LogP contribution in [0.15, 0.2) is 36.5 Å². The van der Waals surface area contributed by atoms with Crippen molar-refractivity contribution in [1.29, 1.82) is 0 Å². The number of likely N-dealkylation sites (tertiary alicyclic amines) is 1. The molecule has 1 aliphatic carbocycles. The number of anilines is 1. The van der Waals surface area contributed by atoms with Crippen LogP contribution in [0.3, 0.4) is 0 Å². The van der Waals surface area contributed by atoms with Gasteiger partial charge in [0.15, 0.2) is 0 Å². The van der Waals surface area contributed by atoms with Gasteiger partial charge in [0.25, 0.3) is 5.91 Å². The Morgan fingerprint density at radius 2 is 2.17 bits per heavy atom. The third kappa shape index (κ3) is 2.27. The van der Waals surface area contributed by atoms with Crippen LogP contribution >= 0.6 is 0 Å². The van der Waals surface area contributed by atoms with Gasteiger partial charge < -0.3 is 10.6 Å². The van der Waals surface area contributed by atoms with Crippen LogP contribution in [0.1, 0.15) is 30.1 Å². The Bertz CT molecular complexity index is 757. The summed E-state index contributed by atoms with van der Waals surface area (Å²) < 4.78 is 0. The highest BCUT2D eigenvalue weighted by Gasteiger charge is 2.59. The number of fused-ring (bicyclic) bond motifs is 1. The lowest BCUT2D eigenvalue weighted by molar-refractivity contribution is 0.0764. The zero-order chi connectivity index (χ0) is 16.0. The molecule has 0 radical (unpaired) electrons. The van der Waals surface area contributed by atoms with Crippen molar-refractivity contribution in [3.63, 3.8) is 0 Å². The van der Waals surface area contributed by atoms with Crippen LogP contribution in [0.25, 0.3) is 11.3 Å². The van der Waals surface area contributed by atoms with Crippen molar-refractivity contribution in [3.8, 4) is 11.3 Å². The lowest BCUT2D eigenvalue weighted by atomic mass is 10.0. The quantitative estimate of drug-likeness (QED) is 0.946. The largest absolute Gasteiger partial charge is 0.368 e. The van der Waals surface area contributed by atoms with E-state index in [4.69, 9.17) is 5.73 Å². The SMILES string of the molecule is CCC12CC1CN(C(=O)c1cnc(N)nc1-c1ccccc1)C2. The Labute approximate surface area is 135 Å². The van der Waals surface area contributed by atoms with E-state index in [9.17, 15) is 4.79 Å². The van der Waals surface area contributed by atoms with Crippen LogP contribution in [0, 0.1) is 11.3 Å². The topological polar surface area (TPSA) is 72.1 Å². The van der Waals surface area contributed by atoms with Crippen LogP contribution < -0.4 is 5.73 Å². The number of hydrogen-bond acceptors (Lipinski definition) is 4. The van der Waals surface area contributed by atoms with Crippen LogP contribution in [-0.4, -0.2) is 33.9 Å². The zero-order valence-electron chi connectivity index (χ0n) is 13.2. The van der Waals surface area contributed by atoms with Gasteiger partial charge >= 0.3 is 0 Å².